The number of anilines is 2. The number of rotatable bonds is 4. The molecule has 24 heavy (non-hydrogen) atoms. The first kappa shape index (κ1) is 15.0. The normalized spacial score (nSPS) is 11.1. The fourth-order valence-electron chi connectivity index (χ4n) is 2.38. The van der Waals surface area contributed by atoms with Crippen LogP contribution in [0.1, 0.15) is 11.5 Å². The summed E-state index contributed by atoms with van der Waals surface area (Å²) in [6, 6.07) is 13.5. The van der Waals surface area contributed by atoms with Gasteiger partial charge in [-0.1, -0.05) is 40.4 Å². The molecule has 0 fully saturated rings. The average molecular weight is 360 g/mol. The summed E-state index contributed by atoms with van der Waals surface area (Å²) in [5.74, 6) is 0.502. The highest BCUT2D eigenvalue weighted by Gasteiger charge is 2.09. The van der Waals surface area contributed by atoms with E-state index in [4.69, 9.17) is 27.6 Å². The second-order valence-electron chi connectivity index (χ2n) is 5.21. The van der Waals surface area contributed by atoms with Crippen molar-refractivity contribution in [2.45, 2.75) is 6.42 Å². The Balaban J connectivity index is 1.52. The number of aromatic amines is 1. The molecule has 0 bridgehead atoms. The molecular formula is C16H11Cl2N5O. The average Bonchev–Trinajstić information content (AvgIpc) is 3.15. The molecule has 4 aromatic rings. The minimum Gasteiger partial charge on any atom is -0.408 e. The van der Waals surface area contributed by atoms with Gasteiger partial charge in [-0.05, 0) is 35.9 Å². The van der Waals surface area contributed by atoms with Gasteiger partial charge in [-0.3, -0.25) is 5.10 Å². The zero-order chi connectivity index (χ0) is 16.5. The number of nitrogens with one attached hydrogen (secondary N) is 2. The van der Waals surface area contributed by atoms with Crippen molar-refractivity contribution >= 4 is 45.8 Å². The summed E-state index contributed by atoms with van der Waals surface area (Å²) < 4.78 is 5.62. The topological polar surface area (TPSA) is 79.6 Å². The summed E-state index contributed by atoms with van der Waals surface area (Å²) in [6.07, 6.45) is 0.516. The van der Waals surface area contributed by atoms with Gasteiger partial charge in [-0.25, -0.2) is 0 Å². The first-order chi connectivity index (χ1) is 11.7. The lowest BCUT2D eigenvalue weighted by Gasteiger charge is -2.01. The second kappa shape index (κ2) is 6.14. The fraction of sp³-hybridized carbons (Fsp3) is 0.0625. The van der Waals surface area contributed by atoms with Gasteiger partial charge in [-0.15, -0.1) is 5.10 Å². The van der Waals surface area contributed by atoms with Crippen molar-refractivity contribution in [3.05, 3.63) is 64.1 Å². The standard InChI is InChI=1S/C16H11Cl2N5O/c17-10-3-1-2-9(6-10)7-14-21-23-16(24-14)19-11-4-5-13-12(8-11)15(18)22-20-13/h1-6,8H,7H2,(H,19,23)(H,20,22). The summed E-state index contributed by atoms with van der Waals surface area (Å²) >= 11 is 12.0. The highest BCUT2D eigenvalue weighted by molar-refractivity contribution is 6.34. The molecule has 0 amide bonds. The SMILES string of the molecule is Clc1cccc(Cc2nnc(Nc3ccc4[nH]nc(Cl)c4c3)o2)c1. The molecule has 4 rings (SSSR count). The Morgan fingerprint density at radius 3 is 2.88 bits per heavy atom. The molecule has 0 spiro atoms. The molecular weight excluding hydrogens is 349 g/mol. The van der Waals surface area contributed by atoms with E-state index in [0.717, 1.165) is 22.2 Å². The van der Waals surface area contributed by atoms with Crippen molar-refractivity contribution in [3.63, 3.8) is 0 Å². The Kier molecular flexibility index (Phi) is 3.84. The number of hydrogen-bond donors (Lipinski definition) is 2. The third-order valence-corrected chi connectivity index (χ3v) is 4.00. The Morgan fingerprint density at radius 1 is 1.08 bits per heavy atom. The van der Waals surface area contributed by atoms with Crippen LogP contribution in [0.25, 0.3) is 10.9 Å². The van der Waals surface area contributed by atoms with Crippen LogP contribution in [0.15, 0.2) is 46.9 Å². The van der Waals surface area contributed by atoms with Crippen LogP contribution in [0.5, 0.6) is 0 Å². The number of H-pyrrole nitrogens is 1. The molecule has 6 nitrogen and oxygen atoms in total. The fourth-order valence-corrected chi connectivity index (χ4v) is 2.79. The van der Waals surface area contributed by atoms with Gasteiger partial charge in [0.2, 0.25) is 5.89 Å². The van der Waals surface area contributed by atoms with Crippen molar-refractivity contribution in [2.24, 2.45) is 0 Å². The maximum absolute atomic E-state index is 6.02. The predicted molar refractivity (Wildman–Crippen MR) is 92.9 cm³/mol. The van der Waals surface area contributed by atoms with Crippen molar-refractivity contribution < 1.29 is 4.42 Å². The van der Waals surface area contributed by atoms with Crippen LogP contribution >= 0.6 is 23.2 Å². The third kappa shape index (κ3) is 3.06. The lowest BCUT2D eigenvalue weighted by molar-refractivity contribution is 0.521. The smallest absolute Gasteiger partial charge is 0.320 e. The predicted octanol–water partition coefficient (Wildman–Crippen LogP) is 4.59. The van der Waals surface area contributed by atoms with E-state index in [0.29, 0.717) is 28.5 Å². The third-order valence-electron chi connectivity index (χ3n) is 3.48. The molecule has 2 aromatic carbocycles. The lowest BCUT2D eigenvalue weighted by atomic mass is 10.1. The quantitative estimate of drug-likeness (QED) is 0.557. The molecule has 0 saturated heterocycles. The number of hydrogen-bond acceptors (Lipinski definition) is 5. The molecule has 0 atom stereocenters. The largest absolute Gasteiger partial charge is 0.408 e. The Hall–Kier alpha value is -2.57. The van der Waals surface area contributed by atoms with Crippen LogP contribution in [-0.4, -0.2) is 20.4 Å². The van der Waals surface area contributed by atoms with Crippen molar-refractivity contribution in [1.29, 1.82) is 0 Å². The number of aromatic nitrogens is 4. The molecule has 0 aliphatic heterocycles. The van der Waals surface area contributed by atoms with E-state index in [1.807, 2.05) is 42.5 Å². The van der Waals surface area contributed by atoms with Gasteiger partial charge in [0, 0.05) is 16.1 Å². The van der Waals surface area contributed by atoms with Gasteiger partial charge in [0.1, 0.15) is 0 Å². The van der Waals surface area contributed by atoms with Gasteiger partial charge >= 0.3 is 6.01 Å². The van der Waals surface area contributed by atoms with Gasteiger partial charge in [0.15, 0.2) is 5.15 Å². The Morgan fingerprint density at radius 2 is 2.00 bits per heavy atom. The van der Waals surface area contributed by atoms with E-state index < -0.39 is 0 Å². The number of halogens is 2. The van der Waals surface area contributed by atoms with Crippen LogP contribution in [0.4, 0.5) is 11.7 Å². The molecule has 8 heteroatoms. The number of nitrogens with zero attached hydrogens (tertiary/aromatic N) is 3. The summed E-state index contributed by atoms with van der Waals surface area (Å²) in [5, 5.41) is 19.8. The van der Waals surface area contributed by atoms with Gasteiger partial charge in [0.05, 0.1) is 11.9 Å². The maximum atomic E-state index is 6.02. The van der Waals surface area contributed by atoms with Gasteiger partial charge in [-0.2, -0.15) is 5.10 Å². The van der Waals surface area contributed by atoms with Crippen LogP contribution < -0.4 is 5.32 Å². The van der Waals surface area contributed by atoms with E-state index >= 15 is 0 Å². The molecule has 0 aliphatic carbocycles. The Labute approximate surface area is 146 Å². The number of benzene rings is 2. The first-order valence-electron chi connectivity index (χ1n) is 7.15. The van der Waals surface area contributed by atoms with Crippen LogP contribution in [0.3, 0.4) is 0 Å². The van der Waals surface area contributed by atoms with E-state index in [9.17, 15) is 0 Å². The number of fused-ring (bicyclic) bond motifs is 1. The first-order valence-corrected chi connectivity index (χ1v) is 7.90. The zero-order valence-electron chi connectivity index (χ0n) is 12.3. The molecule has 120 valence electrons. The molecule has 0 unspecified atom stereocenters. The summed E-state index contributed by atoms with van der Waals surface area (Å²) in [4.78, 5) is 0. The van der Waals surface area contributed by atoms with Crippen LogP contribution in [-0.2, 0) is 6.42 Å². The summed E-state index contributed by atoms with van der Waals surface area (Å²) in [6.45, 7) is 0. The minimum absolute atomic E-state index is 0.311. The maximum Gasteiger partial charge on any atom is 0.320 e. The molecule has 2 heterocycles. The highest BCUT2D eigenvalue weighted by Crippen LogP contribution is 2.25. The zero-order valence-corrected chi connectivity index (χ0v) is 13.8. The highest BCUT2D eigenvalue weighted by atomic mass is 35.5. The van der Waals surface area contributed by atoms with Gasteiger partial charge < -0.3 is 9.73 Å². The molecule has 0 aliphatic rings. The Bertz CT molecular complexity index is 1010. The molecule has 2 aromatic heterocycles. The van der Waals surface area contributed by atoms with E-state index in [1.54, 1.807) is 0 Å². The minimum atomic E-state index is 0.311. The van der Waals surface area contributed by atoms with Crippen molar-refractivity contribution in [2.75, 3.05) is 5.32 Å². The van der Waals surface area contributed by atoms with E-state index in [1.165, 1.54) is 0 Å². The summed E-state index contributed by atoms with van der Waals surface area (Å²) in [7, 11) is 0. The molecule has 0 radical (unpaired) electrons. The van der Waals surface area contributed by atoms with E-state index in [2.05, 4.69) is 25.7 Å². The van der Waals surface area contributed by atoms with Crippen LogP contribution in [0.2, 0.25) is 10.2 Å². The lowest BCUT2D eigenvalue weighted by Crippen LogP contribution is -1.89. The van der Waals surface area contributed by atoms with Crippen LogP contribution in [0, 0.1) is 0 Å². The summed E-state index contributed by atoms with van der Waals surface area (Å²) in [5.41, 5.74) is 2.64. The monoisotopic (exact) mass is 359 g/mol. The second-order valence-corrected chi connectivity index (χ2v) is 6.00. The van der Waals surface area contributed by atoms with Gasteiger partial charge in [0.25, 0.3) is 0 Å². The van der Waals surface area contributed by atoms with E-state index in [-0.39, 0.29) is 0 Å². The van der Waals surface area contributed by atoms with Crippen molar-refractivity contribution in [1.82, 2.24) is 20.4 Å². The molecule has 0 saturated carbocycles. The molecule has 2 N–H and O–H groups in total. The van der Waals surface area contributed by atoms with Crippen molar-refractivity contribution in [3.8, 4) is 0 Å².